The number of hydrogen-bond acceptors (Lipinski definition) is 4. The summed E-state index contributed by atoms with van der Waals surface area (Å²) in [4.78, 5) is 15.3. The molecule has 0 aromatic heterocycles. The minimum Gasteiger partial charge on any atom is -0.406 e. The van der Waals surface area contributed by atoms with E-state index < -0.39 is 6.36 Å². The quantitative estimate of drug-likeness (QED) is 0.634. The maximum Gasteiger partial charge on any atom is 0.573 e. The van der Waals surface area contributed by atoms with Gasteiger partial charge >= 0.3 is 6.36 Å². The first kappa shape index (κ1) is 22.5. The molecule has 2 saturated heterocycles. The van der Waals surface area contributed by atoms with Gasteiger partial charge in [0, 0.05) is 13.0 Å². The van der Waals surface area contributed by atoms with Crippen LogP contribution >= 0.6 is 0 Å². The molecule has 0 saturated carbocycles. The molecule has 0 unspecified atom stereocenters. The number of ether oxygens (including phenoxy) is 1. The van der Waals surface area contributed by atoms with Crippen molar-refractivity contribution in [3.63, 3.8) is 0 Å². The lowest BCUT2D eigenvalue weighted by Crippen LogP contribution is -2.54. The van der Waals surface area contributed by atoms with Gasteiger partial charge in [-0.2, -0.15) is 0 Å². The summed E-state index contributed by atoms with van der Waals surface area (Å²) < 4.78 is 54.6. The molecule has 2 aliphatic rings. The zero-order chi connectivity index (χ0) is 22.9. The summed E-state index contributed by atoms with van der Waals surface area (Å²) in [5.74, 6) is -0.644. The van der Waals surface area contributed by atoms with Crippen molar-refractivity contribution >= 4 is 5.91 Å². The Balaban J connectivity index is 1.57. The number of carbonyl (C=O) groups excluding carboxylic acids is 1. The van der Waals surface area contributed by atoms with Crippen molar-refractivity contribution in [2.75, 3.05) is 20.1 Å². The molecule has 5 nitrogen and oxygen atoms in total. The summed E-state index contributed by atoms with van der Waals surface area (Å²) >= 11 is 0. The molecule has 172 valence electrons. The molecule has 0 aliphatic carbocycles. The van der Waals surface area contributed by atoms with Crippen molar-refractivity contribution in [2.24, 2.45) is 0 Å². The van der Waals surface area contributed by atoms with Crippen LogP contribution in [0.1, 0.15) is 30.4 Å². The van der Waals surface area contributed by atoms with Crippen LogP contribution in [0.15, 0.2) is 48.5 Å². The highest BCUT2D eigenvalue weighted by molar-refractivity contribution is 5.79. The van der Waals surface area contributed by atoms with Crippen LogP contribution < -0.4 is 4.74 Å². The van der Waals surface area contributed by atoms with Crippen molar-refractivity contribution < 1.29 is 27.1 Å². The van der Waals surface area contributed by atoms with E-state index in [1.54, 1.807) is 17.1 Å². The van der Waals surface area contributed by atoms with Crippen molar-refractivity contribution in [3.05, 3.63) is 65.5 Å². The number of benzene rings is 2. The summed E-state index contributed by atoms with van der Waals surface area (Å²) in [5.41, 5.74) is 1.26. The van der Waals surface area contributed by atoms with E-state index in [0.717, 1.165) is 31.5 Å². The van der Waals surface area contributed by atoms with E-state index in [9.17, 15) is 22.4 Å². The highest BCUT2D eigenvalue weighted by Crippen LogP contribution is 2.41. The Hall–Kier alpha value is -2.65. The average molecular weight is 451 g/mol. The van der Waals surface area contributed by atoms with Gasteiger partial charge in [-0.1, -0.05) is 24.3 Å². The van der Waals surface area contributed by atoms with Gasteiger partial charge in [-0.25, -0.2) is 9.40 Å². The Bertz CT molecular complexity index is 939. The monoisotopic (exact) mass is 451 g/mol. The number of rotatable bonds is 5. The third kappa shape index (κ3) is 5.05. The van der Waals surface area contributed by atoms with Crippen molar-refractivity contribution in [1.29, 1.82) is 0 Å². The molecule has 0 radical (unpaired) electrons. The van der Waals surface area contributed by atoms with Gasteiger partial charge in [0.15, 0.2) is 0 Å². The van der Waals surface area contributed by atoms with E-state index in [0.29, 0.717) is 18.5 Å². The molecule has 2 aromatic carbocycles. The summed E-state index contributed by atoms with van der Waals surface area (Å²) in [6.45, 7) is 2.42. The number of nitrogens with zero attached hydrogens (tertiary/aromatic N) is 3. The Morgan fingerprint density at radius 2 is 1.50 bits per heavy atom. The normalized spacial score (nSPS) is 19.7. The predicted octanol–water partition coefficient (Wildman–Crippen LogP) is 4.34. The standard InChI is InChI=1S/C23H25F4N3O2/c1-28-12-10-22(11-13-28)14-21(31)29(30(22)16-18-2-6-19(24)7-3-18)15-17-4-8-20(9-5-17)32-23(25,26)27/h2-9H,10-16H2,1H3. The van der Waals surface area contributed by atoms with Gasteiger partial charge in [-0.05, 0) is 68.4 Å². The Labute approximate surface area is 184 Å². The fraction of sp³-hybridized carbons (Fsp3) is 0.435. The van der Waals surface area contributed by atoms with E-state index in [2.05, 4.69) is 21.7 Å². The van der Waals surface area contributed by atoms with E-state index in [1.807, 2.05) is 0 Å². The number of carbonyl (C=O) groups is 1. The summed E-state index contributed by atoms with van der Waals surface area (Å²) in [5, 5.41) is 3.77. The molecular formula is C23H25F4N3O2. The maximum absolute atomic E-state index is 13.4. The maximum atomic E-state index is 13.4. The van der Waals surface area contributed by atoms with Gasteiger partial charge in [0.1, 0.15) is 11.6 Å². The summed E-state index contributed by atoms with van der Waals surface area (Å²) in [7, 11) is 2.05. The molecule has 2 aromatic rings. The van der Waals surface area contributed by atoms with Crippen LogP contribution in [0.4, 0.5) is 17.6 Å². The molecule has 1 amide bonds. The zero-order valence-electron chi connectivity index (χ0n) is 17.7. The van der Waals surface area contributed by atoms with Crippen LogP contribution in [0.2, 0.25) is 0 Å². The van der Waals surface area contributed by atoms with E-state index in [1.165, 1.54) is 36.4 Å². The van der Waals surface area contributed by atoms with Gasteiger partial charge in [0.05, 0.1) is 12.1 Å². The molecule has 4 rings (SSSR count). The first-order chi connectivity index (χ1) is 15.1. The lowest BCUT2D eigenvalue weighted by Gasteiger charge is -2.45. The van der Waals surface area contributed by atoms with Crippen molar-refractivity contribution in [2.45, 2.75) is 44.3 Å². The van der Waals surface area contributed by atoms with Crippen LogP contribution in [-0.4, -0.2) is 52.9 Å². The van der Waals surface area contributed by atoms with Crippen LogP contribution in [0.3, 0.4) is 0 Å². The summed E-state index contributed by atoms with van der Waals surface area (Å²) in [6, 6.07) is 11.8. The van der Waals surface area contributed by atoms with Crippen LogP contribution in [-0.2, 0) is 17.9 Å². The second-order valence-electron chi connectivity index (χ2n) is 8.53. The van der Waals surface area contributed by atoms with E-state index >= 15 is 0 Å². The topological polar surface area (TPSA) is 36.0 Å². The molecule has 0 bridgehead atoms. The molecule has 32 heavy (non-hydrogen) atoms. The molecule has 2 fully saturated rings. The van der Waals surface area contributed by atoms with E-state index in [-0.39, 0.29) is 29.6 Å². The minimum absolute atomic E-state index is 0.0210. The number of halogens is 4. The molecule has 9 heteroatoms. The lowest BCUT2D eigenvalue weighted by molar-refractivity contribution is -0.274. The largest absolute Gasteiger partial charge is 0.573 e. The fourth-order valence-corrected chi connectivity index (χ4v) is 4.48. The number of amides is 1. The second kappa shape index (κ2) is 8.71. The van der Waals surface area contributed by atoms with E-state index in [4.69, 9.17) is 0 Å². The predicted molar refractivity (Wildman–Crippen MR) is 110 cm³/mol. The van der Waals surface area contributed by atoms with Gasteiger partial charge in [0.2, 0.25) is 5.91 Å². The lowest BCUT2D eigenvalue weighted by atomic mass is 9.84. The summed E-state index contributed by atoms with van der Waals surface area (Å²) in [6.07, 6.45) is -2.72. The van der Waals surface area contributed by atoms with Gasteiger partial charge in [-0.3, -0.25) is 9.80 Å². The average Bonchev–Trinajstić information content (AvgIpc) is 2.97. The third-order valence-electron chi connectivity index (χ3n) is 6.26. The molecular weight excluding hydrogens is 426 g/mol. The Morgan fingerprint density at radius 3 is 2.09 bits per heavy atom. The third-order valence-corrected chi connectivity index (χ3v) is 6.26. The van der Waals surface area contributed by atoms with Gasteiger partial charge < -0.3 is 9.64 Å². The Morgan fingerprint density at radius 1 is 0.938 bits per heavy atom. The number of hydrazine groups is 1. The first-order valence-corrected chi connectivity index (χ1v) is 10.5. The Kier molecular flexibility index (Phi) is 6.13. The number of alkyl halides is 3. The first-order valence-electron chi connectivity index (χ1n) is 10.5. The van der Waals surface area contributed by atoms with Gasteiger partial charge in [0.25, 0.3) is 0 Å². The van der Waals surface area contributed by atoms with Crippen LogP contribution in [0.25, 0.3) is 0 Å². The van der Waals surface area contributed by atoms with Gasteiger partial charge in [-0.15, -0.1) is 13.2 Å². The molecule has 1 spiro atoms. The molecule has 2 aliphatic heterocycles. The smallest absolute Gasteiger partial charge is 0.406 e. The molecule has 0 N–H and O–H groups in total. The van der Waals surface area contributed by atoms with Crippen LogP contribution in [0, 0.1) is 5.82 Å². The number of hydrogen-bond donors (Lipinski definition) is 0. The fourth-order valence-electron chi connectivity index (χ4n) is 4.48. The molecule has 2 heterocycles. The van der Waals surface area contributed by atoms with Crippen LogP contribution in [0.5, 0.6) is 5.75 Å². The number of piperidine rings is 1. The minimum atomic E-state index is -4.75. The van der Waals surface area contributed by atoms with Crippen molar-refractivity contribution in [3.8, 4) is 5.75 Å². The SMILES string of the molecule is CN1CCC2(CC1)CC(=O)N(Cc1ccc(OC(F)(F)F)cc1)N2Cc1ccc(F)cc1. The second-order valence-corrected chi connectivity index (χ2v) is 8.53. The highest BCUT2D eigenvalue weighted by Gasteiger charge is 2.50. The zero-order valence-corrected chi connectivity index (χ0v) is 17.7. The number of likely N-dealkylation sites (tertiary alicyclic amines) is 1. The molecule has 0 atom stereocenters. The van der Waals surface area contributed by atoms with Crippen molar-refractivity contribution in [1.82, 2.24) is 14.9 Å². The highest BCUT2D eigenvalue weighted by atomic mass is 19.4.